The fourth-order valence-electron chi connectivity index (χ4n) is 2.11. The maximum atomic E-state index is 9.70. The van der Waals surface area contributed by atoms with E-state index in [1.165, 1.54) is 0 Å². The van der Waals surface area contributed by atoms with Gasteiger partial charge in [0.25, 0.3) is 0 Å². The topological polar surface area (TPSA) is 64.7 Å². The third-order valence-corrected chi connectivity index (χ3v) is 3.39. The fourth-order valence-corrected chi connectivity index (χ4v) is 2.34. The number of aliphatic hydroxyl groups excluding tert-OH is 1. The first kappa shape index (κ1) is 17.1. The van der Waals surface area contributed by atoms with E-state index in [1.807, 2.05) is 32.9 Å². The zero-order valence-electron chi connectivity index (χ0n) is 12.4. The summed E-state index contributed by atoms with van der Waals surface area (Å²) in [6, 6.07) is 3.67. The minimum atomic E-state index is -0.523. The molecular formula is C15H24ClNO3. The molecule has 0 spiro atoms. The Morgan fingerprint density at radius 3 is 2.35 bits per heavy atom. The van der Waals surface area contributed by atoms with Gasteiger partial charge in [0, 0.05) is 12.6 Å². The highest BCUT2D eigenvalue weighted by molar-refractivity contribution is 6.32. The molecule has 0 saturated carbocycles. The summed E-state index contributed by atoms with van der Waals surface area (Å²) in [5.41, 5.74) is 6.43. The highest BCUT2D eigenvalue weighted by Crippen LogP contribution is 2.38. The highest BCUT2D eigenvalue weighted by Gasteiger charge is 2.18. The largest absolute Gasteiger partial charge is 0.493 e. The Hall–Kier alpha value is -0.970. The second-order valence-corrected chi connectivity index (χ2v) is 5.12. The summed E-state index contributed by atoms with van der Waals surface area (Å²) in [5, 5.41) is 10.3. The Morgan fingerprint density at radius 1 is 1.20 bits per heavy atom. The molecular weight excluding hydrogens is 278 g/mol. The van der Waals surface area contributed by atoms with Crippen LogP contribution in [0.5, 0.6) is 11.5 Å². The quantitative estimate of drug-likeness (QED) is 0.775. The van der Waals surface area contributed by atoms with Gasteiger partial charge < -0.3 is 20.3 Å². The van der Waals surface area contributed by atoms with E-state index < -0.39 is 6.10 Å². The maximum Gasteiger partial charge on any atom is 0.141 e. The molecule has 0 bridgehead atoms. The van der Waals surface area contributed by atoms with E-state index in [0.717, 1.165) is 11.3 Å². The molecule has 5 heteroatoms. The first-order valence-corrected chi connectivity index (χ1v) is 7.38. The fraction of sp³-hybridized carbons (Fsp3) is 0.600. The van der Waals surface area contributed by atoms with Gasteiger partial charge >= 0.3 is 0 Å². The molecule has 0 aliphatic heterocycles. The van der Waals surface area contributed by atoms with Crippen LogP contribution in [0.4, 0.5) is 0 Å². The first-order valence-electron chi connectivity index (χ1n) is 7.00. The van der Waals surface area contributed by atoms with Gasteiger partial charge in [0.1, 0.15) is 11.5 Å². The Labute approximate surface area is 125 Å². The number of aliphatic hydroxyl groups is 1. The van der Waals surface area contributed by atoms with E-state index in [9.17, 15) is 5.11 Å². The predicted molar refractivity (Wildman–Crippen MR) is 81.9 cm³/mol. The molecule has 114 valence electrons. The Morgan fingerprint density at radius 2 is 1.80 bits per heavy atom. The van der Waals surface area contributed by atoms with Gasteiger partial charge in [0.15, 0.2) is 0 Å². The second kappa shape index (κ2) is 8.35. The van der Waals surface area contributed by atoms with Gasteiger partial charge in [-0.25, -0.2) is 0 Å². The van der Waals surface area contributed by atoms with Crippen LogP contribution in [0, 0.1) is 0 Å². The lowest BCUT2D eigenvalue weighted by atomic mass is 9.94. The standard InChI is InChI=1S/C15H24ClNO3/c1-4-19-14-8-15(20-5-2)13(16)7-12(14)10(3)6-11(18)9-17/h7-8,10-11,18H,4-6,9,17H2,1-3H3. The second-order valence-electron chi connectivity index (χ2n) is 4.71. The number of ether oxygens (including phenoxy) is 2. The summed E-state index contributed by atoms with van der Waals surface area (Å²) >= 11 is 6.23. The number of benzene rings is 1. The summed E-state index contributed by atoms with van der Waals surface area (Å²) in [4.78, 5) is 0. The first-order chi connectivity index (χ1) is 9.53. The van der Waals surface area contributed by atoms with Gasteiger partial charge in [-0.3, -0.25) is 0 Å². The average molecular weight is 302 g/mol. The molecule has 0 radical (unpaired) electrons. The van der Waals surface area contributed by atoms with E-state index in [-0.39, 0.29) is 12.5 Å². The summed E-state index contributed by atoms with van der Waals surface area (Å²) in [5.74, 6) is 1.47. The molecule has 2 atom stereocenters. The molecule has 4 nitrogen and oxygen atoms in total. The van der Waals surface area contributed by atoms with Crippen molar-refractivity contribution in [2.45, 2.75) is 39.2 Å². The lowest BCUT2D eigenvalue weighted by molar-refractivity contribution is 0.164. The summed E-state index contributed by atoms with van der Waals surface area (Å²) in [7, 11) is 0. The van der Waals surface area contributed by atoms with Gasteiger partial charge in [-0.05, 0) is 37.8 Å². The van der Waals surface area contributed by atoms with Crippen LogP contribution in [-0.2, 0) is 0 Å². The van der Waals surface area contributed by atoms with E-state index in [1.54, 1.807) is 0 Å². The molecule has 0 heterocycles. The Balaban J connectivity index is 3.06. The smallest absolute Gasteiger partial charge is 0.141 e. The number of nitrogens with two attached hydrogens (primary N) is 1. The van der Waals surface area contributed by atoms with Crippen molar-refractivity contribution in [2.75, 3.05) is 19.8 Å². The van der Waals surface area contributed by atoms with Crippen molar-refractivity contribution < 1.29 is 14.6 Å². The zero-order valence-corrected chi connectivity index (χ0v) is 13.1. The van der Waals surface area contributed by atoms with Crippen LogP contribution in [0.2, 0.25) is 5.02 Å². The van der Waals surface area contributed by atoms with Crippen molar-refractivity contribution in [1.82, 2.24) is 0 Å². The van der Waals surface area contributed by atoms with Crippen molar-refractivity contribution in [3.8, 4) is 11.5 Å². The molecule has 0 fully saturated rings. The van der Waals surface area contributed by atoms with Crippen molar-refractivity contribution in [3.05, 3.63) is 22.7 Å². The molecule has 0 saturated heterocycles. The molecule has 1 rings (SSSR count). The van der Waals surface area contributed by atoms with Gasteiger partial charge in [0.2, 0.25) is 0 Å². The summed E-state index contributed by atoms with van der Waals surface area (Å²) in [6.45, 7) is 7.22. The van der Waals surface area contributed by atoms with Gasteiger partial charge in [-0.1, -0.05) is 18.5 Å². The maximum absolute atomic E-state index is 9.70. The molecule has 1 aromatic rings. The Kier molecular flexibility index (Phi) is 7.13. The van der Waals surface area contributed by atoms with E-state index >= 15 is 0 Å². The normalized spacial score (nSPS) is 13.9. The molecule has 3 N–H and O–H groups in total. The number of hydrogen-bond donors (Lipinski definition) is 2. The predicted octanol–water partition coefficient (Wildman–Crippen LogP) is 2.95. The van der Waals surface area contributed by atoms with Crippen LogP contribution < -0.4 is 15.2 Å². The lowest BCUT2D eigenvalue weighted by Gasteiger charge is -2.20. The van der Waals surface area contributed by atoms with Crippen LogP contribution >= 0.6 is 11.6 Å². The van der Waals surface area contributed by atoms with Crippen LogP contribution in [0.1, 0.15) is 38.7 Å². The summed E-state index contributed by atoms with van der Waals surface area (Å²) in [6.07, 6.45) is 0.0470. The van der Waals surface area contributed by atoms with E-state index in [2.05, 4.69) is 0 Å². The summed E-state index contributed by atoms with van der Waals surface area (Å²) < 4.78 is 11.1. The molecule has 2 unspecified atom stereocenters. The minimum Gasteiger partial charge on any atom is -0.493 e. The molecule has 0 aromatic heterocycles. The van der Waals surface area contributed by atoms with Crippen LogP contribution in [0.3, 0.4) is 0 Å². The zero-order chi connectivity index (χ0) is 15.1. The number of halogens is 1. The lowest BCUT2D eigenvalue weighted by Crippen LogP contribution is -2.21. The third-order valence-electron chi connectivity index (χ3n) is 3.09. The molecule has 0 aliphatic carbocycles. The molecule has 1 aromatic carbocycles. The van der Waals surface area contributed by atoms with Crippen molar-refractivity contribution in [3.63, 3.8) is 0 Å². The molecule has 0 aliphatic rings. The average Bonchev–Trinajstić information content (AvgIpc) is 2.42. The SMILES string of the molecule is CCOc1cc(OCC)c(C(C)CC(O)CN)cc1Cl. The van der Waals surface area contributed by atoms with E-state index in [0.29, 0.717) is 30.4 Å². The highest BCUT2D eigenvalue weighted by atomic mass is 35.5. The number of hydrogen-bond acceptors (Lipinski definition) is 4. The van der Waals surface area contributed by atoms with Crippen LogP contribution in [0.25, 0.3) is 0 Å². The third kappa shape index (κ3) is 4.54. The van der Waals surface area contributed by atoms with E-state index in [4.69, 9.17) is 26.8 Å². The van der Waals surface area contributed by atoms with Gasteiger partial charge in [-0.15, -0.1) is 0 Å². The molecule has 20 heavy (non-hydrogen) atoms. The monoisotopic (exact) mass is 301 g/mol. The van der Waals surface area contributed by atoms with Crippen molar-refractivity contribution in [1.29, 1.82) is 0 Å². The van der Waals surface area contributed by atoms with Crippen LogP contribution in [-0.4, -0.2) is 31.0 Å². The van der Waals surface area contributed by atoms with Gasteiger partial charge in [-0.2, -0.15) is 0 Å². The minimum absolute atomic E-state index is 0.100. The Bertz CT molecular complexity index is 426. The number of rotatable bonds is 8. The van der Waals surface area contributed by atoms with Gasteiger partial charge in [0.05, 0.1) is 24.3 Å². The van der Waals surface area contributed by atoms with Crippen molar-refractivity contribution >= 4 is 11.6 Å². The van der Waals surface area contributed by atoms with Crippen LogP contribution in [0.15, 0.2) is 12.1 Å². The van der Waals surface area contributed by atoms with Crippen molar-refractivity contribution in [2.24, 2.45) is 5.73 Å². The molecule has 0 amide bonds.